The zero-order chi connectivity index (χ0) is 21.7. The molecule has 6 rings (SSSR count). The maximum atomic E-state index is 3.53. The Hall–Kier alpha value is -4.04. The maximum absolute atomic E-state index is 3.53. The van der Waals surface area contributed by atoms with Gasteiger partial charge in [0.2, 0.25) is 0 Å². The highest BCUT2D eigenvalue weighted by molar-refractivity contribution is 6.12. The lowest BCUT2D eigenvalue weighted by atomic mass is 10.0. The number of aromatic nitrogens is 2. The minimum Gasteiger partial charge on any atom is -0.355 e. The minimum atomic E-state index is 1.18. The van der Waals surface area contributed by atoms with Crippen LogP contribution in [-0.4, -0.2) is 9.55 Å². The van der Waals surface area contributed by atoms with E-state index in [0.717, 1.165) is 0 Å². The molecule has 2 heteroatoms. The van der Waals surface area contributed by atoms with Crippen molar-refractivity contribution in [2.24, 2.45) is 0 Å². The molecule has 4 aromatic carbocycles. The summed E-state index contributed by atoms with van der Waals surface area (Å²) in [7, 11) is 0. The number of para-hydroxylation sites is 2. The summed E-state index contributed by atoms with van der Waals surface area (Å²) in [6.07, 6.45) is 6.44. The zero-order valence-corrected chi connectivity index (χ0v) is 18.3. The van der Waals surface area contributed by atoms with Gasteiger partial charge in [-0.1, -0.05) is 60.7 Å². The van der Waals surface area contributed by atoms with Gasteiger partial charge in [0.1, 0.15) is 0 Å². The number of allylic oxidation sites excluding steroid dienone is 4. The van der Waals surface area contributed by atoms with Gasteiger partial charge in [0.15, 0.2) is 0 Å². The third-order valence-electron chi connectivity index (χ3n) is 6.40. The normalized spacial score (nSPS) is 12.8. The Kier molecular flexibility index (Phi) is 4.26. The van der Waals surface area contributed by atoms with Crippen LogP contribution in [0.5, 0.6) is 0 Å². The third kappa shape index (κ3) is 2.73. The van der Waals surface area contributed by atoms with Crippen LogP contribution in [0.1, 0.15) is 13.8 Å². The molecule has 6 aromatic rings. The van der Waals surface area contributed by atoms with Crippen LogP contribution in [0.25, 0.3) is 60.4 Å². The van der Waals surface area contributed by atoms with Crippen LogP contribution >= 0.6 is 0 Å². The van der Waals surface area contributed by atoms with Crippen LogP contribution in [0.3, 0.4) is 0 Å². The Bertz CT molecular complexity index is 1690. The van der Waals surface area contributed by atoms with Crippen molar-refractivity contribution in [3.05, 3.63) is 103 Å². The highest BCUT2D eigenvalue weighted by Crippen LogP contribution is 2.36. The summed E-state index contributed by atoms with van der Waals surface area (Å²) in [6.45, 7) is 4.16. The third-order valence-corrected chi connectivity index (χ3v) is 6.40. The lowest BCUT2D eigenvalue weighted by Crippen LogP contribution is -1.94. The zero-order valence-electron chi connectivity index (χ0n) is 18.3. The van der Waals surface area contributed by atoms with Gasteiger partial charge in [0.05, 0.1) is 11.0 Å². The van der Waals surface area contributed by atoms with E-state index in [4.69, 9.17) is 0 Å². The number of aromatic amines is 1. The van der Waals surface area contributed by atoms with Crippen molar-refractivity contribution in [3.8, 4) is 11.1 Å². The Labute approximate surface area is 187 Å². The Morgan fingerprint density at radius 3 is 2.12 bits per heavy atom. The van der Waals surface area contributed by atoms with Crippen molar-refractivity contribution in [1.29, 1.82) is 0 Å². The highest BCUT2D eigenvalue weighted by atomic mass is 15.0. The molecule has 2 nitrogen and oxygen atoms in total. The van der Waals surface area contributed by atoms with E-state index in [1.54, 1.807) is 0 Å². The van der Waals surface area contributed by atoms with Crippen molar-refractivity contribution in [1.82, 2.24) is 9.55 Å². The molecule has 32 heavy (non-hydrogen) atoms. The Balaban J connectivity index is 1.60. The molecule has 0 fully saturated rings. The van der Waals surface area contributed by atoms with E-state index in [2.05, 4.69) is 127 Å². The van der Waals surface area contributed by atoms with Gasteiger partial charge in [-0.3, -0.25) is 0 Å². The second-order valence-electron chi connectivity index (χ2n) is 8.23. The fourth-order valence-corrected chi connectivity index (χ4v) is 4.93. The topological polar surface area (TPSA) is 20.7 Å². The first kappa shape index (κ1) is 18.7. The van der Waals surface area contributed by atoms with E-state index in [0.29, 0.717) is 0 Å². The lowest BCUT2D eigenvalue weighted by molar-refractivity contribution is 1.23. The molecule has 0 saturated heterocycles. The fourth-order valence-electron chi connectivity index (χ4n) is 4.93. The van der Waals surface area contributed by atoms with E-state index in [9.17, 15) is 0 Å². The van der Waals surface area contributed by atoms with Gasteiger partial charge in [-0.25, -0.2) is 0 Å². The fraction of sp³-hybridized carbons (Fsp3) is 0.0667. The largest absolute Gasteiger partial charge is 0.355 e. The number of fused-ring (bicyclic) bond motifs is 6. The van der Waals surface area contributed by atoms with Gasteiger partial charge in [0, 0.05) is 38.3 Å². The van der Waals surface area contributed by atoms with E-state index in [-0.39, 0.29) is 0 Å². The summed E-state index contributed by atoms with van der Waals surface area (Å²) in [5.74, 6) is 0. The molecule has 2 heterocycles. The first-order valence-electron chi connectivity index (χ1n) is 11.1. The molecule has 2 aromatic heterocycles. The first-order valence-corrected chi connectivity index (χ1v) is 11.1. The molecule has 0 radical (unpaired) electrons. The van der Waals surface area contributed by atoms with Gasteiger partial charge < -0.3 is 9.55 Å². The molecule has 0 amide bonds. The average molecular weight is 413 g/mol. The number of nitrogens with zero attached hydrogens (tertiary/aromatic N) is 1. The van der Waals surface area contributed by atoms with Crippen LogP contribution in [-0.2, 0) is 0 Å². The predicted molar refractivity (Wildman–Crippen MR) is 139 cm³/mol. The van der Waals surface area contributed by atoms with E-state index < -0.39 is 0 Å². The van der Waals surface area contributed by atoms with Gasteiger partial charge in [-0.2, -0.15) is 0 Å². The van der Waals surface area contributed by atoms with Crippen molar-refractivity contribution in [2.75, 3.05) is 0 Å². The average Bonchev–Trinajstić information content (AvgIpc) is 3.37. The van der Waals surface area contributed by atoms with Crippen molar-refractivity contribution in [3.63, 3.8) is 0 Å². The molecule has 1 N–H and O–H groups in total. The minimum absolute atomic E-state index is 1.18. The number of H-pyrrole nitrogens is 1. The van der Waals surface area contributed by atoms with Gasteiger partial charge in [-0.05, 0) is 67.4 Å². The molecular weight excluding hydrogens is 388 g/mol. The van der Waals surface area contributed by atoms with E-state index in [1.807, 2.05) is 0 Å². The smallest absolute Gasteiger partial charge is 0.0541 e. The predicted octanol–water partition coefficient (Wildman–Crippen LogP) is 8.53. The number of hydrogen-bond donors (Lipinski definition) is 1. The molecule has 0 spiro atoms. The van der Waals surface area contributed by atoms with Crippen LogP contribution in [0.2, 0.25) is 0 Å². The summed E-state index contributed by atoms with van der Waals surface area (Å²) in [6, 6.07) is 30.8. The molecule has 0 bridgehead atoms. The monoisotopic (exact) mass is 412 g/mol. The lowest BCUT2D eigenvalue weighted by Gasteiger charge is -2.09. The summed E-state index contributed by atoms with van der Waals surface area (Å²) >= 11 is 0. The van der Waals surface area contributed by atoms with Crippen LogP contribution in [0, 0.1) is 0 Å². The van der Waals surface area contributed by atoms with Crippen molar-refractivity contribution >= 4 is 49.3 Å². The second kappa shape index (κ2) is 7.28. The van der Waals surface area contributed by atoms with Gasteiger partial charge >= 0.3 is 0 Å². The molecule has 0 unspecified atom stereocenters. The van der Waals surface area contributed by atoms with Gasteiger partial charge in [-0.15, -0.1) is 0 Å². The number of benzene rings is 4. The molecular formula is C30H24N2. The Morgan fingerprint density at radius 1 is 0.656 bits per heavy atom. The summed E-state index contributed by atoms with van der Waals surface area (Å²) in [4.78, 5) is 3.53. The van der Waals surface area contributed by atoms with Crippen LogP contribution in [0.4, 0.5) is 0 Å². The first-order chi connectivity index (χ1) is 15.8. The Morgan fingerprint density at radius 2 is 1.31 bits per heavy atom. The summed E-state index contributed by atoms with van der Waals surface area (Å²) in [5, 5.41) is 5.10. The SMILES string of the molecule is C/C=C\C(=C/C)n1c2ccccc2c2cc(-c3ccc4[nH]c5ccccc5c4c3)ccc21. The van der Waals surface area contributed by atoms with Crippen molar-refractivity contribution < 1.29 is 0 Å². The summed E-state index contributed by atoms with van der Waals surface area (Å²) < 4.78 is 2.36. The second-order valence-corrected chi connectivity index (χ2v) is 8.23. The van der Waals surface area contributed by atoms with Gasteiger partial charge in [0.25, 0.3) is 0 Å². The quantitative estimate of drug-likeness (QED) is 0.281. The van der Waals surface area contributed by atoms with E-state index >= 15 is 0 Å². The molecule has 154 valence electrons. The summed E-state index contributed by atoms with van der Waals surface area (Å²) in [5.41, 5.74) is 8.48. The van der Waals surface area contributed by atoms with E-state index in [1.165, 1.54) is 60.4 Å². The number of rotatable bonds is 3. The van der Waals surface area contributed by atoms with Crippen LogP contribution < -0.4 is 0 Å². The molecule has 0 aliphatic carbocycles. The van der Waals surface area contributed by atoms with Crippen LogP contribution in [0.15, 0.2) is 103 Å². The highest BCUT2D eigenvalue weighted by Gasteiger charge is 2.13. The number of hydrogen-bond acceptors (Lipinski definition) is 0. The number of nitrogens with one attached hydrogen (secondary N) is 1. The standard InChI is InChI=1S/C30H24N2/c1-3-9-22(4-2)32-29-13-8-6-11-24(29)26-19-21(15-17-30(26)32)20-14-16-28-25(18-20)23-10-5-7-12-27(23)31-28/h3-19,31H,1-2H3/b9-3-,22-4+. The maximum Gasteiger partial charge on any atom is 0.0541 e. The molecule has 0 aliphatic heterocycles. The molecule has 0 atom stereocenters. The van der Waals surface area contributed by atoms with Crippen molar-refractivity contribution in [2.45, 2.75) is 13.8 Å². The molecule has 0 saturated carbocycles. The molecule has 0 aliphatic rings.